The van der Waals surface area contributed by atoms with Gasteiger partial charge >= 0.3 is 0 Å². The molecule has 1 aromatic heterocycles. The predicted molar refractivity (Wildman–Crippen MR) is 148 cm³/mol. The molecule has 0 saturated heterocycles. The number of carbonyl (C=O) groups excluding carboxylic acids is 2. The largest absolute Gasteiger partial charge is 0.396 e. The second kappa shape index (κ2) is 11.0. The normalized spacial score (nSPS) is 27.4. The summed E-state index contributed by atoms with van der Waals surface area (Å²) >= 11 is 1.20. The van der Waals surface area contributed by atoms with Crippen molar-refractivity contribution < 1.29 is 28.6 Å². The number of aliphatic hydroxyl groups is 2. The van der Waals surface area contributed by atoms with Crippen molar-refractivity contribution in [2.24, 2.45) is 16.7 Å². The Bertz CT molecular complexity index is 1400. The third kappa shape index (κ3) is 5.04. The fourth-order valence-corrected chi connectivity index (χ4v) is 7.69. The van der Waals surface area contributed by atoms with Gasteiger partial charge < -0.3 is 15.5 Å². The molecular weight excluding hydrogens is 536 g/mol. The molecule has 0 unspecified atom stereocenters. The highest BCUT2D eigenvalue weighted by molar-refractivity contribution is 7.15. The molecule has 0 bridgehead atoms. The van der Waals surface area contributed by atoms with Gasteiger partial charge in [0.2, 0.25) is 5.91 Å². The fraction of sp³-hybridized carbons (Fsp3) is 0.433. The minimum absolute atomic E-state index is 0.128. The van der Waals surface area contributed by atoms with Gasteiger partial charge in [-0.05, 0) is 48.3 Å². The average Bonchev–Trinajstić information content (AvgIpc) is 3.33. The first-order valence-electron chi connectivity index (χ1n) is 13.4. The molecule has 10 heteroatoms. The number of nitrogens with zero attached hydrogens (tertiary/aromatic N) is 1. The summed E-state index contributed by atoms with van der Waals surface area (Å²) in [5.41, 5.74) is -0.325. The lowest BCUT2D eigenvalue weighted by Gasteiger charge is -2.58. The molecule has 212 valence electrons. The monoisotopic (exact) mass is 569 g/mol. The number of hydrogen-bond donors (Lipinski definition) is 4. The van der Waals surface area contributed by atoms with E-state index in [0.29, 0.717) is 31.5 Å². The third-order valence-electron chi connectivity index (χ3n) is 9.03. The zero-order valence-electron chi connectivity index (χ0n) is 22.4. The lowest BCUT2D eigenvalue weighted by molar-refractivity contribution is -0.144. The van der Waals surface area contributed by atoms with Gasteiger partial charge in [0.05, 0.1) is 18.4 Å². The summed E-state index contributed by atoms with van der Waals surface area (Å²) in [6, 6.07) is 12.8. The first-order valence-corrected chi connectivity index (χ1v) is 14.2. The molecule has 2 amide bonds. The molecule has 0 radical (unpaired) electrons. The van der Waals surface area contributed by atoms with E-state index in [0.717, 1.165) is 22.6 Å². The lowest BCUT2D eigenvalue weighted by Crippen LogP contribution is -2.57. The molecule has 0 aliphatic heterocycles. The summed E-state index contributed by atoms with van der Waals surface area (Å²) in [6.45, 7) is 4.12. The first kappa shape index (κ1) is 28.3. The van der Waals surface area contributed by atoms with E-state index >= 15 is 0 Å². The Hall–Kier alpha value is -3.21. The summed E-state index contributed by atoms with van der Waals surface area (Å²) in [5.74, 6) is -3.58. The zero-order chi connectivity index (χ0) is 28.7. The van der Waals surface area contributed by atoms with Crippen molar-refractivity contribution in [1.82, 2.24) is 10.3 Å². The van der Waals surface area contributed by atoms with Crippen molar-refractivity contribution in [3.05, 3.63) is 81.9 Å². The standard InChI is InChI=1S/C30H33F2N3O4S/c1-29-12-11-23(37)30(2,16-36)22(29)14-21-26(18(29)13-24(38)33-15-17-7-4-3-5-8-17)34-28(40-21)35-27(39)25-19(31)9-6-10-20(25)32/h3-10,18,22-23,36-37H,11-16H2,1-2H3,(H,33,38)(H,34,35,39)/t18-,22+,23-,29+,30+/m1/s1. The average molecular weight is 570 g/mol. The minimum atomic E-state index is -0.974. The maximum Gasteiger partial charge on any atom is 0.263 e. The highest BCUT2D eigenvalue weighted by Gasteiger charge is 2.59. The van der Waals surface area contributed by atoms with Crippen LogP contribution in [0.3, 0.4) is 0 Å². The fourth-order valence-electron chi connectivity index (χ4n) is 6.63. The van der Waals surface area contributed by atoms with Crippen LogP contribution >= 0.6 is 11.3 Å². The summed E-state index contributed by atoms with van der Waals surface area (Å²) in [5, 5.41) is 27.1. The van der Waals surface area contributed by atoms with Gasteiger partial charge in [0.1, 0.15) is 17.2 Å². The molecule has 40 heavy (non-hydrogen) atoms. The van der Waals surface area contributed by atoms with Gasteiger partial charge in [0.15, 0.2) is 5.13 Å². The number of fused-ring (bicyclic) bond motifs is 2. The Balaban J connectivity index is 1.47. The van der Waals surface area contributed by atoms with Crippen LogP contribution in [0.2, 0.25) is 0 Å². The van der Waals surface area contributed by atoms with Gasteiger partial charge in [0.25, 0.3) is 5.91 Å². The number of thiazole rings is 1. The molecule has 7 nitrogen and oxygen atoms in total. The van der Waals surface area contributed by atoms with Crippen LogP contribution in [0.5, 0.6) is 0 Å². The van der Waals surface area contributed by atoms with Gasteiger partial charge in [-0.2, -0.15) is 0 Å². The maximum absolute atomic E-state index is 14.2. The second-order valence-corrected chi connectivity index (χ2v) is 12.5. The van der Waals surface area contributed by atoms with Crippen LogP contribution < -0.4 is 10.6 Å². The van der Waals surface area contributed by atoms with E-state index in [1.807, 2.05) is 37.3 Å². The molecule has 1 heterocycles. The van der Waals surface area contributed by atoms with Crippen molar-refractivity contribution in [3.8, 4) is 0 Å². The molecule has 3 aromatic rings. The highest BCUT2D eigenvalue weighted by atomic mass is 32.1. The summed E-state index contributed by atoms with van der Waals surface area (Å²) in [7, 11) is 0. The number of amides is 2. The van der Waals surface area contributed by atoms with E-state index in [4.69, 9.17) is 4.98 Å². The number of aromatic nitrogens is 1. The summed E-state index contributed by atoms with van der Waals surface area (Å²) in [4.78, 5) is 31.6. The zero-order valence-corrected chi connectivity index (χ0v) is 23.2. The Kier molecular flexibility index (Phi) is 7.78. The van der Waals surface area contributed by atoms with Gasteiger partial charge in [-0.25, -0.2) is 13.8 Å². The number of nitrogens with one attached hydrogen (secondary N) is 2. The van der Waals surface area contributed by atoms with Crippen molar-refractivity contribution in [1.29, 1.82) is 0 Å². The molecule has 2 aliphatic carbocycles. The summed E-state index contributed by atoms with van der Waals surface area (Å²) in [6.07, 6.45) is 1.01. The van der Waals surface area contributed by atoms with E-state index in [-0.39, 0.29) is 35.9 Å². The van der Waals surface area contributed by atoms with Crippen LogP contribution in [0.4, 0.5) is 13.9 Å². The van der Waals surface area contributed by atoms with Crippen LogP contribution in [-0.4, -0.2) is 39.7 Å². The van der Waals surface area contributed by atoms with Crippen LogP contribution in [0.25, 0.3) is 0 Å². The van der Waals surface area contributed by atoms with E-state index in [1.165, 1.54) is 17.4 Å². The Labute approximate surface area is 235 Å². The van der Waals surface area contributed by atoms with Gasteiger partial charge in [-0.15, -0.1) is 11.3 Å². The van der Waals surface area contributed by atoms with Crippen molar-refractivity contribution >= 4 is 28.3 Å². The van der Waals surface area contributed by atoms with Crippen LogP contribution in [-0.2, 0) is 17.8 Å². The molecule has 2 aliphatic rings. The topological polar surface area (TPSA) is 112 Å². The Morgan fingerprint density at radius 2 is 1.80 bits per heavy atom. The quantitative estimate of drug-likeness (QED) is 0.327. The number of hydrogen-bond acceptors (Lipinski definition) is 6. The number of carbonyl (C=O) groups is 2. The van der Waals surface area contributed by atoms with Crippen molar-refractivity contribution in [3.63, 3.8) is 0 Å². The second-order valence-electron chi connectivity index (χ2n) is 11.4. The van der Waals surface area contributed by atoms with Gasteiger partial charge in [-0.1, -0.05) is 50.2 Å². The van der Waals surface area contributed by atoms with Crippen LogP contribution in [0.1, 0.15) is 65.5 Å². The number of anilines is 1. The molecule has 5 rings (SSSR count). The smallest absolute Gasteiger partial charge is 0.263 e. The van der Waals surface area contributed by atoms with E-state index < -0.39 is 40.0 Å². The number of halogens is 2. The number of aliphatic hydroxyl groups excluding tert-OH is 2. The molecule has 4 N–H and O–H groups in total. The molecule has 1 fully saturated rings. The molecule has 5 atom stereocenters. The molecule has 1 saturated carbocycles. The minimum Gasteiger partial charge on any atom is -0.396 e. The van der Waals surface area contributed by atoms with Crippen LogP contribution in [0, 0.1) is 28.4 Å². The van der Waals surface area contributed by atoms with Crippen LogP contribution in [0.15, 0.2) is 48.5 Å². The van der Waals surface area contributed by atoms with Gasteiger partial charge in [-0.3, -0.25) is 14.9 Å². The Morgan fingerprint density at radius 3 is 2.48 bits per heavy atom. The van der Waals surface area contributed by atoms with E-state index in [9.17, 15) is 28.6 Å². The molecular formula is C30H33F2N3O4S. The number of rotatable bonds is 7. The highest BCUT2D eigenvalue weighted by Crippen LogP contribution is 2.62. The maximum atomic E-state index is 14.2. The van der Waals surface area contributed by atoms with E-state index in [2.05, 4.69) is 17.6 Å². The number of benzene rings is 2. The molecule has 0 spiro atoms. The lowest BCUT2D eigenvalue weighted by atomic mass is 9.47. The van der Waals surface area contributed by atoms with Crippen molar-refractivity contribution in [2.45, 2.75) is 58.1 Å². The third-order valence-corrected chi connectivity index (χ3v) is 10.0. The van der Waals surface area contributed by atoms with E-state index in [1.54, 1.807) is 0 Å². The van der Waals surface area contributed by atoms with Gasteiger partial charge in [0, 0.05) is 29.2 Å². The SMILES string of the molecule is C[C@]1(CO)[C@H]2Cc3sc(NC(=O)c4c(F)cccc4F)nc3[C@@H](CC(=O)NCc3ccccc3)[C@]2(C)CC[C@H]1O. The summed E-state index contributed by atoms with van der Waals surface area (Å²) < 4.78 is 28.5. The molecule has 2 aromatic carbocycles. The predicted octanol–water partition coefficient (Wildman–Crippen LogP) is 4.80. The van der Waals surface area contributed by atoms with Crippen molar-refractivity contribution in [2.75, 3.05) is 11.9 Å². The Morgan fingerprint density at radius 1 is 1.10 bits per heavy atom. The first-order chi connectivity index (χ1) is 19.1.